The summed E-state index contributed by atoms with van der Waals surface area (Å²) in [4.78, 5) is 23.3. The van der Waals surface area contributed by atoms with Crippen molar-refractivity contribution < 1.29 is 4.79 Å². The summed E-state index contributed by atoms with van der Waals surface area (Å²) in [6.45, 7) is 1.95. The molecule has 0 aliphatic carbocycles. The van der Waals surface area contributed by atoms with Crippen LogP contribution < -0.4 is 5.32 Å². The Hall–Kier alpha value is -2.70. The molecule has 26 heavy (non-hydrogen) atoms. The predicted molar refractivity (Wildman–Crippen MR) is 99.5 cm³/mol. The molecule has 1 aliphatic heterocycles. The lowest BCUT2D eigenvalue weighted by Crippen LogP contribution is -2.48. The van der Waals surface area contributed by atoms with E-state index in [4.69, 9.17) is 11.6 Å². The van der Waals surface area contributed by atoms with Crippen LogP contribution in [0.2, 0.25) is 5.02 Å². The van der Waals surface area contributed by atoms with Gasteiger partial charge in [-0.2, -0.15) is 0 Å². The number of rotatable bonds is 3. The number of nitrogens with zero attached hydrogens (tertiary/aromatic N) is 4. The molecule has 1 saturated heterocycles. The van der Waals surface area contributed by atoms with Gasteiger partial charge in [-0.1, -0.05) is 29.8 Å². The molecule has 6 nitrogen and oxygen atoms in total. The van der Waals surface area contributed by atoms with Gasteiger partial charge in [0.25, 0.3) is 5.91 Å². The molecule has 1 N–H and O–H groups in total. The van der Waals surface area contributed by atoms with Gasteiger partial charge in [-0.05, 0) is 29.8 Å². The minimum absolute atomic E-state index is 0.0585. The molecule has 2 aromatic heterocycles. The number of pyridine rings is 1. The lowest BCUT2D eigenvalue weighted by atomic mass is 10.0. The van der Waals surface area contributed by atoms with Crippen LogP contribution in [0.25, 0.3) is 5.82 Å². The molecular formula is C19H18ClN5O. The fraction of sp³-hybridized carbons (Fsp3) is 0.211. The van der Waals surface area contributed by atoms with Crippen molar-refractivity contribution in [3.8, 4) is 5.82 Å². The van der Waals surface area contributed by atoms with E-state index in [0.717, 1.165) is 12.1 Å². The van der Waals surface area contributed by atoms with Crippen molar-refractivity contribution in [1.82, 2.24) is 24.8 Å². The first-order valence-corrected chi connectivity index (χ1v) is 8.82. The molecule has 7 heteroatoms. The largest absolute Gasteiger partial charge is 0.334 e. The predicted octanol–water partition coefficient (Wildman–Crippen LogP) is 2.71. The van der Waals surface area contributed by atoms with Gasteiger partial charge in [0.05, 0.1) is 6.04 Å². The summed E-state index contributed by atoms with van der Waals surface area (Å²) < 4.78 is 1.78. The van der Waals surface area contributed by atoms with Crippen LogP contribution in [0.15, 0.2) is 61.2 Å². The van der Waals surface area contributed by atoms with Crippen molar-refractivity contribution in [2.24, 2.45) is 0 Å². The monoisotopic (exact) mass is 367 g/mol. The number of piperazine rings is 1. The van der Waals surface area contributed by atoms with Crippen molar-refractivity contribution in [2.45, 2.75) is 6.04 Å². The Bertz CT molecular complexity index is 912. The highest BCUT2D eigenvalue weighted by molar-refractivity contribution is 6.30. The summed E-state index contributed by atoms with van der Waals surface area (Å²) in [5, 5.41) is 4.14. The van der Waals surface area contributed by atoms with Gasteiger partial charge in [-0.3, -0.25) is 9.36 Å². The fourth-order valence-electron chi connectivity index (χ4n) is 3.12. The Labute approximate surface area is 156 Å². The second-order valence-corrected chi connectivity index (χ2v) is 6.60. The van der Waals surface area contributed by atoms with Gasteiger partial charge in [-0.25, -0.2) is 9.97 Å². The number of benzene rings is 1. The van der Waals surface area contributed by atoms with E-state index in [-0.39, 0.29) is 11.9 Å². The van der Waals surface area contributed by atoms with E-state index in [1.54, 1.807) is 29.4 Å². The van der Waals surface area contributed by atoms with Gasteiger partial charge in [0.2, 0.25) is 0 Å². The second-order valence-electron chi connectivity index (χ2n) is 6.16. The maximum atomic E-state index is 13.0. The minimum atomic E-state index is -0.0690. The fourth-order valence-corrected chi connectivity index (χ4v) is 3.32. The normalized spacial score (nSPS) is 17.3. The number of aromatic nitrogens is 3. The molecule has 1 atom stereocenters. The van der Waals surface area contributed by atoms with E-state index in [2.05, 4.69) is 15.3 Å². The Kier molecular flexibility index (Phi) is 4.69. The smallest absolute Gasteiger partial charge is 0.272 e. The number of amides is 1. The molecule has 0 unspecified atom stereocenters. The van der Waals surface area contributed by atoms with Gasteiger partial charge >= 0.3 is 0 Å². The molecule has 1 amide bonds. The molecule has 132 valence electrons. The van der Waals surface area contributed by atoms with E-state index in [0.29, 0.717) is 29.6 Å². The SMILES string of the molecule is O=C(c1cccc(-n2ccnc2)n1)N1CCN[C@H](c2cccc(Cl)c2)C1. The topological polar surface area (TPSA) is 63.1 Å². The van der Waals surface area contributed by atoms with Crippen LogP contribution in [0.4, 0.5) is 0 Å². The molecule has 0 bridgehead atoms. The number of hydrogen-bond donors (Lipinski definition) is 1. The van der Waals surface area contributed by atoms with Gasteiger partial charge < -0.3 is 10.2 Å². The van der Waals surface area contributed by atoms with Crippen LogP contribution >= 0.6 is 11.6 Å². The first kappa shape index (κ1) is 16.8. The zero-order chi connectivity index (χ0) is 17.9. The van der Waals surface area contributed by atoms with E-state index in [1.165, 1.54) is 0 Å². The molecule has 3 heterocycles. The molecule has 1 aromatic carbocycles. The van der Waals surface area contributed by atoms with E-state index < -0.39 is 0 Å². The second kappa shape index (κ2) is 7.27. The Balaban J connectivity index is 1.54. The van der Waals surface area contributed by atoms with Crippen molar-refractivity contribution in [2.75, 3.05) is 19.6 Å². The van der Waals surface area contributed by atoms with Gasteiger partial charge in [-0.15, -0.1) is 0 Å². The maximum Gasteiger partial charge on any atom is 0.272 e. The van der Waals surface area contributed by atoms with Crippen molar-refractivity contribution in [3.63, 3.8) is 0 Å². The van der Waals surface area contributed by atoms with Crippen LogP contribution in [-0.4, -0.2) is 45.0 Å². The quantitative estimate of drug-likeness (QED) is 0.773. The Morgan fingerprint density at radius 3 is 2.92 bits per heavy atom. The first-order valence-electron chi connectivity index (χ1n) is 8.44. The van der Waals surface area contributed by atoms with Crippen LogP contribution in [0.5, 0.6) is 0 Å². The molecule has 0 spiro atoms. The molecule has 1 aliphatic rings. The number of nitrogens with one attached hydrogen (secondary N) is 1. The molecular weight excluding hydrogens is 350 g/mol. The summed E-state index contributed by atoms with van der Waals surface area (Å²) in [6.07, 6.45) is 5.15. The Morgan fingerprint density at radius 1 is 1.23 bits per heavy atom. The zero-order valence-corrected chi connectivity index (χ0v) is 14.8. The van der Waals surface area contributed by atoms with Crippen molar-refractivity contribution in [3.05, 3.63) is 77.5 Å². The van der Waals surface area contributed by atoms with E-state index in [1.807, 2.05) is 41.3 Å². The summed E-state index contributed by atoms with van der Waals surface area (Å²) in [7, 11) is 0. The van der Waals surface area contributed by atoms with Gasteiger partial charge in [0, 0.05) is 37.1 Å². The van der Waals surface area contributed by atoms with Crippen LogP contribution in [0.3, 0.4) is 0 Å². The lowest BCUT2D eigenvalue weighted by Gasteiger charge is -2.34. The van der Waals surface area contributed by atoms with E-state index >= 15 is 0 Å². The standard InChI is InChI=1S/C19H18ClN5O/c20-15-4-1-3-14(11-15)17-12-24(10-8-22-17)19(26)16-5-2-6-18(23-16)25-9-7-21-13-25/h1-7,9,11,13,17,22H,8,10,12H2/t17-/m0/s1. The van der Waals surface area contributed by atoms with Crippen LogP contribution in [0.1, 0.15) is 22.1 Å². The average Bonchev–Trinajstić information content (AvgIpc) is 3.22. The van der Waals surface area contributed by atoms with Crippen molar-refractivity contribution >= 4 is 17.5 Å². The highest BCUT2D eigenvalue weighted by atomic mass is 35.5. The Morgan fingerprint density at radius 2 is 2.12 bits per heavy atom. The molecule has 0 radical (unpaired) electrons. The molecule has 0 saturated carbocycles. The number of halogens is 1. The highest BCUT2D eigenvalue weighted by Crippen LogP contribution is 2.21. The van der Waals surface area contributed by atoms with Crippen LogP contribution in [0, 0.1) is 0 Å². The highest BCUT2D eigenvalue weighted by Gasteiger charge is 2.26. The van der Waals surface area contributed by atoms with Gasteiger partial charge in [0.15, 0.2) is 0 Å². The lowest BCUT2D eigenvalue weighted by molar-refractivity contribution is 0.0697. The summed E-state index contributed by atoms with van der Waals surface area (Å²) >= 11 is 6.10. The average molecular weight is 368 g/mol. The third kappa shape index (κ3) is 3.47. The van der Waals surface area contributed by atoms with Crippen molar-refractivity contribution in [1.29, 1.82) is 0 Å². The molecule has 3 aromatic rings. The third-order valence-electron chi connectivity index (χ3n) is 4.44. The third-order valence-corrected chi connectivity index (χ3v) is 4.67. The number of carbonyl (C=O) groups is 1. The summed E-state index contributed by atoms with van der Waals surface area (Å²) in [5.74, 6) is 0.607. The summed E-state index contributed by atoms with van der Waals surface area (Å²) in [5.41, 5.74) is 1.51. The number of imidazole rings is 1. The van der Waals surface area contributed by atoms with E-state index in [9.17, 15) is 4.79 Å². The molecule has 1 fully saturated rings. The minimum Gasteiger partial charge on any atom is -0.334 e. The molecule has 4 rings (SSSR count). The zero-order valence-electron chi connectivity index (χ0n) is 14.0. The summed E-state index contributed by atoms with van der Waals surface area (Å²) in [6, 6.07) is 13.2. The first-order chi connectivity index (χ1) is 12.7. The number of carbonyl (C=O) groups excluding carboxylic acids is 1. The maximum absolute atomic E-state index is 13.0. The van der Waals surface area contributed by atoms with Crippen LogP contribution in [-0.2, 0) is 0 Å². The van der Waals surface area contributed by atoms with Gasteiger partial charge in [0.1, 0.15) is 17.8 Å². The number of hydrogen-bond acceptors (Lipinski definition) is 4.